The van der Waals surface area contributed by atoms with Crippen molar-refractivity contribution in [2.24, 2.45) is 5.92 Å². The minimum atomic E-state index is -0.0444. The van der Waals surface area contributed by atoms with Crippen LogP contribution in [-0.4, -0.2) is 27.5 Å². The number of anilines is 1. The van der Waals surface area contributed by atoms with E-state index in [1.54, 1.807) is 0 Å². The van der Waals surface area contributed by atoms with Crippen LogP contribution in [-0.2, 0) is 17.8 Å². The monoisotopic (exact) mass is 436 g/mol. The smallest absolute Gasteiger partial charge is 0.241 e. The summed E-state index contributed by atoms with van der Waals surface area (Å²) in [6.07, 6.45) is 11.7. The number of hydrogen-bond acceptors (Lipinski definition) is 3. The molecule has 3 atom stereocenters. The lowest BCUT2D eigenvalue weighted by molar-refractivity contribution is -0.117. The third-order valence-corrected chi connectivity index (χ3v) is 6.59. The van der Waals surface area contributed by atoms with E-state index in [1.807, 2.05) is 18.3 Å². The number of rotatable bonds is 3. The second-order valence-electron chi connectivity index (χ2n) is 8.35. The average molecular weight is 437 g/mol. The van der Waals surface area contributed by atoms with Crippen molar-refractivity contribution in [1.82, 2.24) is 14.9 Å². The molecule has 1 aliphatic carbocycles. The highest BCUT2D eigenvalue weighted by atomic mass is 35.5. The minimum Gasteiger partial charge on any atom is -0.328 e. The molecule has 3 heterocycles. The number of imidazole rings is 1. The number of aromatic nitrogens is 2. The zero-order valence-electron chi connectivity index (χ0n) is 16.6. The van der Waals surface area contributed by atoms with Crippen molar-refractivity contribution >= 4 is 36.4 Å². The lowest BCUT2D eigenvalue weighted by atomic mass is 9.85. The fraction of sp³-hybridized carbons (Fsp3) is 0.545. The van der Waals surface area contributed by atoms with Crippen LogP contribution >= 0.6 is 24.8 Å². The van der Waals surface area contributed by atoms with Gasteiger partial charge in [0.1, 0.15) is 5.82 Å². The van der Waals surface area contributed by atoms with Gasteiger partial charge in [0.25, 0.3) is 0 Å². The molecular formula is C22H30Cl2N4O. The summed E-state index contributed by atoms with van der Waals surface area (Å²) >= 11 is 0. The molecule has 2 fully saturated rings. The van der Waals surface area contributed by atoms with Gasteiger partial charge in [0.2, 0.25) is 5.91 Å². The Kier molecular flexibility index (Phi) is 7.25. The van der Waals surface area contributed by atoms with Crippen LogP contribution in [0.15, 0.2) is 30.5 Å². The van der Waals surface area contributed by atoms with E-state index in [0.717, 1.165) is 36.5 Å². The Bertz CT molecular complexity index is 822. The van der Waals surface area contributed by atoms with Crippen LogP contribution in [0, 0.1) is 5.92 Å². The summed E-state index contributed by atoms with van der Waals surface area (Å²) in [4.78, 5) is 17.3. The van der Waals surface area contributed by atoms with Crippen molar-refractivity contribution in [3.05, 3.63) is 36.2 Å². The van der Waals surface area contributed by atoms with Gasteiger partial charge in [0.05, 0.1) is 6.04 Å². The number of nitrogens with one attached hydrogen (secondary N) is 2. The maximum atomic E-state index is 12.7. The van der Waals surface area contributed by atoms with E-state index in [4.69, 9.17) is 0 Å². The van der Waals surface area contributed by atoms with Crippen molar-refractivity contribution in [3.8, 4) is 11.4 Å². The van der Waals surface area contributed by atoms with Gasteiger partial charge in [0.15, 0.2) is 0 Å². The number of hydrogen-bond donors (Lipinski definition) is 2. The SMILES string of the molecule is Cl.Cl.O=C(Nc1ccc(-c2ncc3n2CCCC3)cc1)C1CC2CCCCC2N1. The fourth-order valence-electron chi connectivity index (χ4n) is 5.12. The Morgan fingerprint density at radius 3 is 2.66 bits per heavy atom. The fourth-order valence-corrected chi connectivity index (χ4v) is 5.12. The summed E-state index contributed by atoms with van der Waals surface area (Å²) < 4.78 is 2.33. The van der Waals surface area contributed by atoms with E-state index >= 15 is 0 Å². The normalized spacial score (nSPS) is 25.2. The molecule has 1 amide bonds. The maximum Gasteiger partial charge on any atom is 0.241 e. The molecule has 0 spiro atoms. The van der Waals surface area contributed by atoms with Crippen LogP contribution < -0.4 is 10.6 Å². The highest BCUT2D eigenvalue weighted by Crippen LogP contribution is 2.33. The Labute approximate surface area is 184 Å². The Balaban J connectivity index is 0.00000120. The van der Waals surface area contributed by atoms with Gasteiger partial charge in [-0.15, -0.1) is 24.8 Å². The van der Waals surface area contributed by atoms with E-state index in [2.05, 4.69) is 32.3 Å². The molecule has 2 aliphatic heterocycles. The lowest BCUT2D eigenvalue weighted by Gasteiger charge is -2.24. The first-order valence-electron chi connectivity index (χ1n) is 10.5. The van der Waals surface area contributed by atoms with Crippen LogP contribution in [0.2, 0.25) is 0 Å². The van der Waals surface area contributed by atoms with Crippen molar-refractivity contribution < 1.29 is 4.79 Å². The molecule has 3 aliphatic rings. The summed E-state index contributed by atoms with van der Waals surface area (Å²) in [5, 5.41) is 6.66. The highest BCUT2D eigenvalue weighted by Gasteiger charge is 2.38. The number of carbonyl (C=O) groups excluding carboxylic acids is 1. The molecule has 0 radical (unpaired) electrons. The largest absolute Gasteiger partial charge is 0.328 e. The zero-order valence-corrected chi connectivity index (χ0v) is 18.2. The number of benzene rings is 1. The molecule has 2 N–H and O–H groups in total. The molecule has 1 aromatic heterocycles. The summed E-state index contributed by atoms with van der Waals surface area (Å²) in [6, 6.07) is 8.64. The topological polar surface area (TPSA) is 59.0 Å². The molecular weight excluding hydrogens is 407 g/mol. The molecule has 5 rings (SSSR count). The van der Waals surface area contributed by atoms with Gasteiger partial charge in [-0.1, -0.05) is 12.8 Å². The third-order valence-electron chi connectivity index (χ3n) is 6.59. The van der Waals surface area contributed by atoms with Crippen LogP contribution in [0.4, 0.5) is 5.69 Å². The van der Waals surface area contributed by atoms with Crippen molar-refractivity contribution in [3.63, 3.8) is 0 Å². The van der Waals surface area contributed by atoms with Gasteiger partial charge in [-0.2, -0.15) is 0 Å². The van der Waals surface area contributed by atoms with E-state index in [-0.39, 0.29) is 36.8 Å². The van der Waals surface area contributed by atoms with E-state index < -0.39 is 0 Å². The molecule has 1 saturated heterocycles. The number of amides is 1. The van der Waals surface area contributed by atoms with E-state index in [0.29, 0.717) is 12.0 Å². The second kappa shape index (κ2) is 9.50. The minimum absolute atomic E-state index is 0. The standard InChI is InChI=1S/C22H28N4O.2ClH/c27-22(20-13-16-5-1-2-7-19(16)25-20)24-17-10-8-15(9-11-17)21-23-14-18-6-3-4-12-26(18)21;;/h8-11,14,16,19-20,25H,1-7,12-13H2,(H,24,27);2*1H. The highest BCUT2D eigenvalue weighted by molar-refractivity contribution is 5.95. The van der Waals surface area contributed by atoms with Gasteiger partial charge in [-0.05, 0) is 68.7 Å². The molecule has 7 heteroatoms. The molecule has 3 unspecified atom stereocenters. The molecule has 1 aromatic carbocycles. The van der Waals surface area contributed by atoms with Crippen molar-refractivity contribution in [1.29, 1.82) is 0 Å². The van der Waals surface area contributed by atoms with Crippen LogP contribution in [0.3, 0.4) is 0 Å². The first-order chi connectivity index (χ1) is 13.3. The maximum absolute atomic E-state index is 12.7. The zero-order chi connectivity index (χ0) is 18.2. The van der Waals surface area contributed by atoms with E-state index in [1.165, 1.54) is 44.2 Å². The number of aryl methyl sites for hydroxylation is 1. The summed E-state index contributed by atoms with van der Waals surface area (Å²) in [6.45, 7) is 1.05. The third kappa shape index (κ3) is 4.47. The number of carbonyl (C=O) groups is 1. The summed E-state index contributed by atoms with van der Waals surface area (Å²) in [5.41, 5.74) is 3.32. The predicted molar refractivity (Wildman–Crippen MR) is 121 cm³/mol. The van der Waals surface area contributed by atoms with Gasteiger partial charge in [-0.25, -0.2) is 4.98 Å². The number of halogens is 2. The summed E-state index contributed by atoms with van der Waals surface area (Å²) in [7, 11) is 0. The molecule has 1 saturated carbocycles. The lowest BCUT2D eigenvalue weighted by Crippen LogP contribution is -2.39. The quantitative estimate of drug-likeness (QED) is 0.739. The van der Waals surface area contributed by atoms with Crippen molar-refractivity contribution in [2.45, 2.75) is 70.0 Å². The number of nitrogens with zero attached hydrogens (tertiary/aromatic N) is 2. The van der Waals surface area contributed by atoms with Gasteiger partial charge in [-0.3, -0.25) is 4.79 Å². The Morgan fingerprint density at radius 1 is 1.07 bits per heavy atom. The van der Waals surface area contributed by atoms with Crippen LogP contribution in [0.1, 0.15) is 50.6 Å². The van der Waals surface area contributed by atoms with Crippen LogP contribution in [0.5, 0.6) is 0 Å². The summed E-state index contributed by atoms with van der Waals surface area (Å²) in [5.74, 6) is 1.84. The molecule has 5 nitrogen and oxygen atoms in total. The van der Waals surface area contributed by atoms with Crippen molar-refractivity contribution in [2.75, 3.05) is 5.32 Å². The van der Waals surface area contributed by atoms with Gasteiger partial charge < -0.3 is 15.2 Å². The van der Waals surface area contributed by atoms with E-state index in [9.17, 15) is 4.79 Å². The molecule has 0 bridgehead atoms. The van der Waals surface area contributed by atoms with Gasteiger partial charge in [0, 0.05) is 35.7 Å². The first kappa shape index (κ1) is 22.1. The molecule has 158 valence electrons. The molecule has 2 aromatic rings. The number of fused-ring (bicyclic) bond motifs is 2. The predicted octanol–water partition coefficient (Wildman–Crippen LogP) is 4.59. The Hall–Kier alpha value is -1.56. The van der Waals surface area contributed by atoms with Crippen LogP contribution in [0.25, 0.3) is 11.4 Å². The molecule has 29 heavy (non-hydrogen) atoms. The van der Waals surface area contributed by atoms with Gasteiger partial charge >= 0.3 is 0 Å². The Morgan fingerprint density at radius 2 is 1.86 bits per heavy atom. The second-order valence-corrected chi connectivity index (χ2v) is 8.35. The average Bonchev–Trinajstić information content (AvgIpc) is 3.33. The first-order valence-corrected chi connectivity index (χ1v) is 10.5.